The number of carboxylic acid groups (broad SMARTS) is 1. The number of hydrogen-bond donors (Lipinski definition) is 2. The number of thioether (sulfide) groups is 1. The molecule has 0 radical (unpaired) electrons. The third-order valence-corrected chi connectivity index (χ3v) is 4.04. The number of rotatable bonds is 6. The minimum Gasteiger partial charge on any atom is -0.481 e. The van der Waals surface area contributed by atoms with E-state index in [9.17, 15) is 9.59 Å². The van der Waals surface area contributed by atoms with Crippen LogP contribution in [0, 0.1) is 11.8 Å². The summed E-state index contributed by atoms with van der Waals surface area (Å²) in [6, 6.07) is 0. The van der Waals surface area contributed by atoms with Crippen molar-refractivity contribution in [2.24, 2.45) is 11.8 Å². The molecule has 0 heterocycles. The lowest BCUT2D eigenvalue weighted by Crippen LogP contribution is -2.41. The summed E-state index contributed by atoms with van der Waals surface area (Å²) in [5, 5.41) is 11.6. The lowest BCUT2D eigenvalue weighted by atomic mass is 9.95. The SMILES string of the molecule is CSC(C)(C)CNC(=O)C(C)C(C)C(=O)O. The Hall–Kier alpha value is -0.710. The average Bonchev–Trinajstić information content (AvgIpc) is 2.23. The number of carboxylic acids is 1. The van der Waals surface area contributed by atoms with Gasteiger partial charge in [-0.1, -0.05) is 13.8 Å². The molecule has 0 bridgehead atoms. The smallest absolute Gasteiger partial charge is 0.307 e. The fraction of sp³-hybridized carbons (Fsp3) is 0.818. The largest absolute Gasteiger partial charge is 0.481 e. The maximum absolute atomic E-state index is 11.7. The molecule has 0 rings (SSSR count). The third kappa shape index (κ3) is 4.88. The van der Waals surface area contributed by atoms with Gasteiger partial charge >= 0.3 is 5.97 Å². The fourth-order valence-corrected chi connectivity index (χ4v) is 1.19. The maximum Gasteiger partial charge on any atom is 0.307 e. The van der Waals surface area contributed by atoms with Crippen LogP contribution >= 0.6 is 11.8 Å². The van der Waals surface area contributed by atoms with Crippen molar-refractivity contribution in [2.75, 3.05) is 12.8 Å². The Balaban J connectivity index is 4.22. The molecule has 0 fully saturated rings. The van der Waals surface area contributed by atoms with Crippen LogP contribution in [0.3, 0.4) is 0 Å². The predicted molar refractivity (Wildman–Crippen MR) is 66.6 cm³/mol. The molecule has 0 saturated carbocycles. The van der Waals surface area contributed by atoms with Crippen molar-refractivity contribution in [3.05, 3.63) is 0 Å². The molecule has 4 nitrogen and oxygen atoms in total. The summed E-state index contributed by atoms with van der Waals surface area (Å²) >= 11 is 1.66. The van der Waals surface area contributed by atoms with Gasteiger partial charge in [-0.05, 0) is 20.1 Å². The highest BCUT2D eigenvalue weighted by atomic mass is 32.2. The molecule has 0 aliphatic carbocycles. The van der Waals surface area contributed by atoms with Crippen molar-refractivity contribution >= 4 is 23.6 Å². The van der Waals surface area contributed by atoms with Crippen molar-refractivity contribution in [3.8, 4) is 0 Å². The molecule has 0 aromatic heterocycles. The number of aliphatic carboxylic acids is 1. The molecule has 0 saturated heterocycles. The number of nitrogens with one attached hydrogen (secondary N) is 1. The van der Waals surface area contributed by atoms with Gasteiger partial charge in [-0.3, -0.25) is 9.59 Å². The Labute approximate surface area is 101 Å². The van der Waals surface area contributed by atoms with E-state index in [0.29, 0.717) is 6.54 Å². The van der Waals surface area contributed by atoms with E-state index >= 15 is 0 Å². The average molecular weight is 247 g/mol. The minimum absolute atomic E-state index is 0.0260. The molecule has 0 aromatic rings. The number of hydrogen-bond acceptors (Lipinski definition) is 3. The zero-order valence-electron chi connectivity index (χ0n) is 10.5. The first-order valence-corrected chi connectivity index (χ1v) is 6.49. The zero-order chi connectivity index (χ0) is 12.9. The van der Waals surface area contributed by atoms with Gasteiger partial charge in [0.1, 0.15) is 0 Å². The molecule has 2 unspecified atom stereocenters. The molecular formula is C11H21NO3S. The Bertz CT molecular complexity index is 266. The van der Waals surface area contributed by atoms with E-state index in [1.807, 2.05) is 20.1 Å². The molecule has 2 N–H and O–H groups in total. The summed E-state index contributed by atoms with van der Waals surface area (Å²) in [6.45, 7) is 7.79. The quantitative estimate of drug-likeness (QED) is 0.748. The first-order valence-electron chi connectivity index (χ1n) is 5.27. The van der Waals surface area contributed by atoms with Gasteiger partial charge in [0.25, 0.3) is 0 Å². The predicted octanol–water partition coefficient (Wildman–Crippen LogP) is 1.60. The van der Waals surface area contributed by atoms with Gasteiger partial charge in [0.2, 0.25) is 5.91 Å². The Kier molecular flexibility index (Phi) is 5.86. The Morgan fingerprint density at radius 1 is 1.31 bits per heavy atom. The second kappa shape index (κ2) is 6.13. The van der Waals surface area contributed by atoms with Gasteiger partial charge in [-0.2, -0.15) is 11.8 Å². The molecule has 0 aliphatic rings. The van der Waals surface area contributed by atoms with Gasteiger partial charge in [-0.15, -0.1) is 0 Å². The van der Waals surface area contributed by atoms with E-state index in [0.717, 1.165) is 0 Å². The third-order valence-electron chi connectivity index (χ3n) is 2.79. The lowest BCUT2D eigenvalue weighted by Gasteiger charge is -2.24. The molecule has 1 amide bonds. The summed E-state index contributed by atoms with van der Waals surface area (Å²) in [4.78, 5) is 22.4. The van der Waals surface area contributed by atoms with Crippen molar-refractivity contribution < 1.29 is 14.7 Å². The minimum atomic E-state index is -0.938. The first kappa shape index (κ1) is 15.3. The van der Waals surface area contributed by atoms with Crippen LogP contribution in [0.25, 0.3) is 0 Å². The molecule has 0 spiro atoms. The molecular weight excluding hydrogens is 226 g/mol. The second-order valence-electron chi connectivity index (χ2n) is 4.60. The molecule has 2 atom stereocenters. The van der Waals surface area contributed by atoms with Crippen LogP contribution in [0.15, 0.2) is 0 Å². The van der Waals surface area contributed by atoms with Crippen molar-refractivity contribution in [3.63, 3.8) is 0 Å². The van der Waals surface area contributed by atoms with Gasteiger partial charge < -0.3 is 10.4 Å². The van der Waals surface area contributed by atoms with Gasteiger partial charge in [-0.25, -0.2) is 0 Å². The van der Waals surface area contributed by atoms with Gasteiger partial charge in [0.05, 0.1) is 5.92 Å². The summed E-state index contributed by atoms with van der Waals surface area (Å²) < 4.78 is -0.0260. The van der Waals surface area contributed by atoms with Crippen LogP contribution in [0.2, 0.25) is 0 Å². The molecule has 5 heteroatoms. The zero-order valence-corrected chi connectivity index (χ0v) is 11.4. The lowest BCUT2D eigenvalue weighted by molar-refractivity contribution is -0.146. The molecule has 16 heavy (non-hydrogen) atoms. The van der Waals surface area contributed by atoms with Crippen molar-refractivity contribution in [1.82, 2.24) is 5.32 Å². The van der Waals surface area contributed by atoms with Crippen LogP contribution in [-0.4, -0.2) is 34.5 Å². The van der Waals surface area contributed by atoms with E-state index in [-0.39, 0.29) is 10.7 Å². The van der Waals surface area contributed by atoms with E-state index in [1.54, 1.807) is 25.6 Å². The molecule has 94 valence electrons. The monoisotopic (exact) mass is 247 g/mol. The second-order valence-corrected chi connectivity index (χ2v) is 6.11. The summed E-state index contributed by atoms with van der Waals surface area (Å²) in [5.74, 6) is -2.30. The van der Waals surface area contributed by atoms with Crippen LogP contribution in [0.4, 0.5) is 0 Å². The van der Waals surface area contributed by atoms with E-state index in [4.69, 9.17) is 5.11 Å². The highest BCUT2D eigenvalue weighted by Gasteiger charge is 2.27. The highest BCUT2D eigenvalue weighted by Crippen LogP contribution is 2.20. The van der Waals surface area contributed by atoms with E-state index < -0.39 is 17.8 Å². The summed E-state index contributed by atoms with van der Waals surface area (Å²) in [6.07, 6.45) is 1.98. The van der Waals surface area contributed by atoms with Crippen LogP contribution in [0.5, 0.6) is 0 Å². The number of carbonyl (C=O) groups is 2. The van der Waals surface area contributed by atoms with Gasteiger partial charge in [0.15, 0.2) is 0 Å². The normalized spacial score (nSPS) is 15.3. The first-order chi connectivity index (χ1) is 7.21. The molecule has 0 aromatic carbocycles. The van der Waals surface area contributed by atoms with Gasteiger partial charge in [0, 0.05) is 17.2 Å². The fourth-order valence-electron chi connectivity index (χ4n) is 0.974. The summed E-state index contributed by atoms with van der Waals surface area (Å²) in [7, 11) is 0. The van der Waals surface area contributed by atoms with Crippen molar-refractivity contribution in [1.29, 1.82) is 0 Å². The standard InChI is InChI=1S/C11H21NO3S/c1-7(8(2)10(14)15)9(13)12-6-11(3,4)16-5/h7-8H,6H2,1-5H3,(H,12,13)(H,14,15). The van der Waals surface area contributed by atoms with E-state index in [1.165, 1.54) is 0 Å². The number of amides is 1. The summed E-state index contributed by atoms with van der Waals surface area (Å²) in [5.41, 5.74) is 0. The van der Waals surface area contributed by atoms with Crippen LogP contribution < -0.4 is 5.32 Å². The Morgan fingerprint density at radius 2 is 1.81 bits per heavy atom. The highest BCUT2D eigenvalue weighted by molar-refractivity contribution is 7.99. The van der Waals surface area contributed by atoms with Crippen LogP contribution in [-0.2, 0) is 9.59 Å². The van der Waals surface area contributed by atoms with Crippen molar-refractivity contribution in [2.45, 2.75) is 32.4 Å². The topological polar surface area (TPSA) is 66.4 Å². The van der Waals surface area contributed by atoms with E-state index in [2.05, 4.69) is 5.32 Å². The Morgan fingerprint density at radius 3 is 2.19 bits per heavy atom. The molecule has 0 aliphatic heterocycles. The van der Waals surface area contributed by atoms with Crippen LogP contribution in [0.1, 0.15) is 27.7 Å². The number of carbonyl (C=O) groups excluding carboxylic acids is 1. The maximum atomic E-state index is 11.7.